The Balaban J connectivity index is 1.88. The molecule has 0 radical (unpaired) electrons. The molecule has 19 heavy (non-hydrogen) atoms. The van der Waals surface area contributed by atoms with Gasteiger partial charge in [-0.15, -0.1) is 0 Å². The number of nitrogens with two attached hydrogens (primary N) is 1. The van der Waals surface area contributed by atoms with Crippen LogP contribution >= 0.6 is 0 Å². The van der Waals surface area contributed by atoms with Crippen LogP contribution in [0.15, 0.2) is 12.4 Å². The lowest BCUT2D eigenvalue weighted by Gasteiger charge is -2.35. The molecule has 6 heteroatoms. The van der Waals surface area contributed by atoms with Crippen LogP contribution in [-0.2, 0) is 0 Å². The van der Waals surface area contributed by atoms with E-state index < -0.39 is 0 Å². The molecular weight excluding hydrogens is 242 g/mol. The molecule has 0 aromatic carbocycles. The lowest BCUT2D eigenvalue weighted by atomic mass is 10.3. The van der Waals surface area contributed by atoms with Gasteiger partial charge in [-0.25, -0.2) is 9.97 Å². The first kappa shape index (κ1) is 14.0. The molecule has 0 atom stereocenters. The van der Waals surface area contributed by atoms with Gasteiger partial charge in [0.25, 0.3) is 0 Å². The largest absolute Gasteiger partial charge is 0.478 e. The fourth-order valence-corrected chi connectivity index (χ4v) is 2.25. The second-order valence-electron chi connectivity index (χ2n) is 4.62. The van der Waals surface area contributed by atoms with Gasteiger partial charge >= 0.3 is 0 Å². The van der Waals surface area contributed by atoms with Crippen molar-refractivity contribution in [2.45, 2.75) is 13.3 Å². The quantitative estimate of drug-likeness (QED) is 0.800. The third-order valence-corrected chi connectivity index (χ3v) is 3.29. The van der Waals surface area contributed by atoms with E-state index in [9.17, 15) is 0 Å². The molecule has 0 spiro atoms. The molecule has 2 rings (SSSR count). The second-order valence-corrected chi connectivity index (χ2v) is 4.62. The van der Waals surface area contributed by atoms with Crippen LogP contribution in [0, 0.1) is 0 Å². The van der Waals surface area contributed by atoms with Crippen LogP contribution in [0.5, 0.6) is 5.88 Å². The van der Waals surface area contributed by atoms with Crippen LogP contribution in [0.1, 0.15) is 13.3 Å². The molecular formula is C13H23N5O. The molecule has 1 aromatic rings. The van der Waals surface area contributed by atoms with Crippen molar-refractivity contribution in [2.75, 3.05) is 50.8 Å². The van der Waals surface area contributed by atoms with Crippen LogP contribution in [0.25, 0.3) is 0 Å². The minimum absolute atomic E-state index is 0.628. The smallest absolute Gasteiger partial charge is 0.218 e. The number of hydrogen-bond acceptors (Lipinski definition) is 6. The van der Waals surface area contributed by atoms with Crippen molar-refractivity contribution in [3.05, 3.63) is 12.4 Å². The van der Waals surface area contributed by atoms with E-state index in [4.69, 9.17) is 10.5 Å². The minimum Gasteiger partial charge on any atom is -0.478 e. The summed E-state index contributed by atoms with van der Waals surface area (Å²) < 4.78 is 5.41. The van der Waals surface area contributed by atoms with Crippen molar-refractivity contribution in [2.24, 2.45) is 5.73 Å². The van der Waals surface area contributed by atoms with E-state index in [1.165, 1.54) is 0 Å². The molecule has 106 valence electrons. The molecule has 1 aliphatic rings. The number of nitrogens with zero attached hydrogens (tertiary/aromatic N) is 4. The Hall–Kier alpha value is -1.40. The third kappa shape index (κ3) is 4.04. The number of piperazine rings is 1. The molecule has 1 fully saturated rings. The van der Waals surface area contributed by atoms with Gasteiger partial charge in [0, 0.05) is 32.2 Å². The van der Waals surface area contributed by atoms with E-state index in [0.717, 1.165) is 51.5 Å². The zero-order chi connectivity index (χ0) is 13.5. The van der Waals surface area contributed by atoms with Crippen LogP contribution in [0.3, 0.4) is 0 Å². The number of ether oxygens (including phenoxy) is 1. The molecule has 1 saturated heterocycles. The summed E-state index contributed by atoms with van der Waals surface area (Å²) in [6.07, 6.45) is 2.64. The number of hydrogen-bond donors (Lipinski definition) is 1. The highest BCUT2D eigenvalue weighted by atomic mass is 16.5. The Bertz CT molecular complexity index is 379. The first-order chi connectivity index (χ1) is 9.33. The summed E-state index contributed by atoms with van der Waals surface area (Å²) in [5, 5.41) is 0. The van der Waals surface area contributed by atoms with E-state index >= 15 is 0 Å². The predicted octanol–water partition coefficient (Wildman–Crippen LogP) is 0.346. The molecule has 0 aliphatic carbocycles. The Morgan fingerprint density at radius 2 is 2.05 bits per heavy atom. The number of aromatic nitrogens is 2. The Labute approximate surface area is 114 Å². The number of anilines is 1. The summed E-state index contributed by atoms with van der Waals surface area (Å²) >= 11 is 0. The standard InChI is InChI=1S/C13H23N5O/c1-2-19-13-10-12(15-11-16-13)18-8-6-17(7-9-18)5-3-4-14/h10-11H,2-9,14H2,1H3. The van der Waals surface area contributed by atoms with Gasteiger partial charge in [0.15, 0.2) is 0 Å². The molecule has 0 unspecified atom stereocenters. The highest BCUT2D eigenvalue weighted by Gasteiger charge is 2.17. The van der Waals surface area contributed by atoms with E-state index in [1.807, 2.05) is 13.0 Å². The molecule has 0 amide bonds. The summed E-state index contributed by atoms with van der Waals surface area (Å²) in [4.78, 5) is 13.2. The molecule has 0 bridgehead atoms. The molecule has 1 aliphatic heterocycles. The summed E-state index contributed by atoms with van der Waals surface area (Å²) in [5.74, 6) is 1.61. The van der Waals surface area contributed by atoms with Crippen molar-refractivity contribution in [3.63, 3.8) is 0 Å². The van der Waals surface area contributed by atoms with Crippen LogP contribution in [0.2, 0.25) is 0 Å². The number of rotatable bonds is 6. The average Bonchev–Trinajstić information content (AvgIpc) is 2.46. The zero-order valence-electron chi connectivity index (χ0n) is 11.6. The fraction of sp³-hybridized carbons (Fsp3) is 0.692. The molecule has 0 saturated carbocycles. The van der Waals surface area contributed by atoms with Gasteiger partial charge < -0.3 is 15.4 Å². The van der Waals surface area contributed by atoms with Crippen LogP contribution in [-0.4, -0.2) is 60.7 Å². The first-order valence-electron chi connectivity index (χ1n) is 6.95. The van der Waals surface area contributed by atoms with E-state index in [1.54, 1.807) is 6.33 Å². The van der Waals surface area contributed by atoms with Gasteiger partial charge in [-0.2, -0.15) is 0 Å². The summed E-state index contributed by atoms with van der Waals surface area (Å²) in [6, 6.07) is 1.92. The summed E-state index contributed by atoms with van der Waals surface area (Å²) in [5.41, 5.74) is 5.54. The first-order valence-corrected chi connectivity index (χ1v) is 6.95. The van der Waals surface area contributed by atoms with Crippen molar-refractivity contribution >= 4 is 5.82 Å². The van der Waals surface area contributed by atoms with Crippen molar-refractivity contribution in [1.82, 2.24) is 14.9 Å². The fourth-order valence-electron chi connectivity index (χ4n) is 2.25. The van der Waals surface area contributed by atoms with Crippen LogP contribution < -0.4 is 15.4 Å². The SMILES string of the molecule is CCOc1cc(N2CCN(CCCN)CC2)ncn1. The topological polar surface area (TPSA) is 67.5 Å². The lowest BCUT2D eigenvalue weighted by molar-refractivity contribution is 0.255. The molecule has 1 aromatic heterocycles. The van der Waals surface area contributed by atoms with Gasteiger partial charge in [-0.05, 0) is 26.4 Å². The normalized spacial score (nSPS) is 16.6. The van der Waals surface area contributed by atoms with E-state index in [2.05, 4.69) is 19.8 Å². The summed E-state index contributed by atoms with van der Waals surface area (Å²) in [7, 11) is 0. The van der Waals surface area contributed by atoms with Gasteiger partial charge in [0.2, 0.25) is 5.88 Å². The van der Waals surface area contributed by atoms with Gasteiger partial charge in [-0.3, -0.25) is 4.90 Å². The maximum atomic E-state index is 5.54. The third-order valence-electron chi connectivity index (χ3n) is 3.29. The average molecular weight is 265 g/mol. The molecule has 2 heterocycles. The minimum atomic E-state index is 0.628. The van der Waals surface area contributed by atoms with Crippen molar-refractivity contribution < 1.29 is 4.74 Å². The zero-order valence-corrected chi connectivity index (χ0v) is 11.6. The molecule has 2 N–H and O–H groups in total. The van der Waals surface area contributed by atoms with Crippen molar-refractivity contribution in [3.8, 4) is 5.88 Å². The Kier molecular flexibility index (Phi) is 5.35. The van der Waals surface area contributed by atoms with Crippen LogP contribution in [0.4, 0.5) is 5.82 Å². The van der Waals surface area contributed by atoms with E-state index in [0.29, 0.717) is 12.5 Å². The van der Waals surface area contributed by atoms with Gasteiger partial charge in [0.05, 0.1) is 6.61 Å². The Morgan fingerprint density at radius 3 is 2.74 bits per heavy atom. The highest BCUT2D eigenvalue weighted by Crippen LogP contribution is 2.17. The van der Waals surface area contributed by atoms with Gasteiger partial charge in [0.1, 0.15) is 12.1 Å². The lowest BCUT2D eigenvalue weighted by Crippen LogP contribution is -2.47. The molecule has 6 nitrogen and oxygen atoms in total. The second kappa shape index (κ2) is 7.25. The maximum absolute atomic E-state index is 5.54. The van der Waals surface area contributed by atoms with E-state index in [-0.39, 0.29) is 0 Å². The Morgan fingerprint density at radius 1 is 1.26 bits per heavy atom. The highest BCUT2D eigenvalue weighted by molar-refractivity contribution is 5.41. The van der Waals surface area contributed by atoms with Crippen molar-refractivity contribution in [1.29, 1.82) is 0 Å². The van der Waals surface area contributed by atoms with Gasteiger partial charge in [-0.1, -0.05) is 0 Å². The maximum Gasteiger partial charge on any atom is 0.218 e. The summed E-state index contributed by atoms with van der Waals surface area (Å²) in [6.45, 7) is 8.56. The monoisotopic (exact) mass is 265 g/mol. The predicted molar refractivity (Wildman–Crippen MR) is 75.5 cm³/mol.